The Hall–Kier alpha value is -0.810. The molecular formula is C19H37N3O2. The Bertz CT molecular complexity index is 357. The highest BCUT2D eigenvalue weighted by Gasteiger charge is 2.21. The number of aliphatic imine (C=N–C) groups is 1. The first kappa shape index (κ1) is 19.5. The molecule has 0 aromatic carbocycles. The van der Waals surface area contributed by atoms with E-state index in [1.807, 2.05) is 0 Å². The van der Waals surface area contributed by atoms with Crippen molar-refractivity contribution in [3.8, 4) is 0 Å². The van der Waals surface area contributed by atoms with Crippen molar-refractivity contribution < 1.29 is 9.47 Å². The molecule has 2 aliphatic rings. The Morgan fingerprint density at radius 2 is 2.12 bits per heavy atom. The van der Waals surface area contributed by atoms with E-state index in [-0.39, 0.29) is 0 Å². The van der Waals surface area contributed by atoms with Gasteiger partial charge >= 0.3 is 0 Å². The van der Waals surface area contributed by atoms with Gasteiger partial charge in [-0.05, 0) is 38.5 Å². The van der Waals surface area contributed by atoms with E-state index in [0.717, 1.165) is 64.2 Å². The summed E-state index contributed by atoms with van der Waals surface area (Å²) in [7, 11) is 0. The highest BCUT2D eigenvalue weighted by Crippen LogP contribution is 2.26. The minimum absolute atomic E-state index is 0.583. The lowest BCUT2D eigenvalue weighted by Crippen LogP contribution is -2.45. The Morgan fingerprint density at radius 3 is 2.88 bits per heavy atom. The Balaban J connectivity index is 1.62. The summed E-state index contributed by atoms with van der Waals surface area (Å²) < 4.78 is 11.1. The monoisotopic (exact) mass is 339 g/mol. The van der Waals surface area contributed by atoms with Crippen LogP contribution in [0.25, 0.3) is 0 Å². The maximum atomic E-state index is 5.75. The minimum Gasteiger partial charge on any atom is -0.381 e. The zero-order chi connectivity index (χ0) is 17.0. The molecule has 0 spiro atoms. The molecule has 0 radical (unpaired) electrons. The van der Waals surface area contributed by atoms with Gasteiger partial charge in [-0.2, -0.15) is 0 Å². The van der Waals surface area contributed by atoms with Crippen LogP contribution >= 0.6 is 0 Å². The minimum atomic E-state index is 0.583. The number of guanidine groups is 1. The van der Waals surface area contributed by atoms with Crippen LogP contribution in [0, 0.1) is 11.8 Å². The molecule has 140 valence electrons. The highest BCUT2D eigenvalue weighted by atomic mass is 16.5. The number of rotatable bonds is 9. The van der Waals surface area contributed by atoms with Crippen molar-refractivity contribution >= 4 is 5.96 Å². The lowest BCUT2D eigenvalue weighted by molar-refractivity contribution is 0.0893. The topological polar surface area (TPSA) is 54.9 Å². The predicted octanol–water partition coefficient (Wildman–Crippen LogP) is 2.95. The van der Waals surface area contributed by atoms with Crippen molar-refractivity contribution in [1.82, 2.24) is 10.6 Å². The lowest BCUT2D eigenvalue weighted by atomic mass is 9.84. The van der Waals surface area contributed by atoms with E-state index in [1.54, 1.807) is 0 Å². The van der Waals surface area contributed by atoms with Gasteiger partial charge in [-0.25, -0.2) is 0 Å². The third kappa shape index (κ3) is 7.39. The van der Waals surface area contributed by atoms with Gasteiger partial charge in [0.05, 0.1) is 13.2 Å². The van der Waals surface area contributed by atoms with Crippen LogP contribution in [0.3, 0.4) is 0 Å². The van der Waals surface area contributed by atoms with Crippen molar-refractivity contribution in [1.29, 1.82) is 0 Å². The third-order valence-corrected chi connectivity index (χ3v) is 5.14. The first-order valence-electron chi connectivity index (χ1n) is 10.0. The normalized spacial score (nSPS) is 28.1. The summed E-state index contributed by atoms with van der Waals surface area (Å²) in [4.78, 5) is 4.72. The van der Waals surface area contributed by atoms with Crippen molar-refractivity contribution in [2.24, 2.45) is 16.8 Å². The molecule has 1 aliphatic heterocycles. The fraction of sp³-hybridized carbons (Fsp3) is 0.947. The summed E-state index contributed by atoms with van der Waals surface area (Å²) in [5.74, 6) is 2.46. The quantitative estimate of drug-likeness (QED) is 0.385. The fourth-order valence-corrected chi connectivity index (χ4v) is 3.63. The van der Waals surface area contributed by atoms with Gasteiger partial charge in [0, 0.05) is 38.3 Å². The molecule has 2 rings (SSSR count). The first-order valence-corrected chi connectivity index (χ1v) is 10.0. The van der Waals surface area contributed by atoms with Crippen molar-refractivity contribution in [2.75, 3.05) is 39.5 Å². The average Bonchev–Trinajstić information content (AvgIpc) is 3.11. The molecule has 1 heterocycles. The number of ether oxygens (including phenoxy) is 2. The van der Waals surface area contributed by atoms with E-state index < -0.39 is 0 Å². The molecule has 3 unspecified atom stereocenters. The SMILES string of the molecule is CCNC(=NCCCOCC1CCOC1)NC1CCCC(CC)C1. The summed E-state index contributed by atoms with van der Waals surface area (Å²) in [6.07, 6.45) is 8.72. The highest BCUT2D eigenvalue weighted by molar-refractivity contribution is 5.80. The molecule has 0 aromatic rings. The molecule has 0 amide bonds. The van der Waals surface area contributed by atoms with Gasteiger partial charge < -0.3 is 20.1 Å². The maximum Gasteiger partial charge on any atom is 0.191 e. The van der Waals surface area contributed by atoms with E-state index in [9.17, 15) is 0 Å². The molecule has 2 N–H and O–H groups in total. The van der Waals surface area contributed by atoms with Crippen LogP contribution in [0.4, 0.5) is 0 Å². The van der Waals surface area contributed by atoms with Crippen LogP contribution in [0.5, 0.6) is 0 Å². The molecule has 0 bridgehead atoms. The van der Waals surface area contributed by atoms with E-state index in [0.29, 0.717) is 12.0 Å². The number of nitrogens with zero attached hydrogens (tertiary/aromatic N) is 1. The predicted molar refractivity (Wildman–Crippen MR) is 99.5 cm³/mol. The first-order chi connectivity index (χ1) is 11.8. The van der Waals surface area contributed by atoms with Crippen molar-refractivity contribution in [3.05, 3.63) is 0 Å². The molecule has 24 heavy (non-hydrogen) atoms. The Morgan fingerprint density at radius 1 is 1.21 bits per heavy atom. The summed E-state index contributed by atoms with van der Waals surface area (Å²) in [6.45, 7) is 9.56. The van der Waals surface area contributed by atoms with Gasteiger partial charge in [0.15, 0.2) is 5.96 Å². The molecule has 5 heteroatoms. The van der Waals surface area contributed by atoms with Crippen LogP contribution < -0.4 is 10.6 Å². The molecule has 0 aromatic heterocycles. The van der Waals surface area contributed by atoms with Crippen molar-refractivity contribution in [3.63, 3.8) is 0 Å². The second-order valence-corrected chi connectivity index (χ2v) is 7.20. The summed E-state index contributed by atoms with van der Waals surface area (Å²) in [5.41, 5.74) is 0. The Kier molecular flexibility index (Phi) is 9.51. The van der Waals surface area contributed by atoms with Gasteiger partial charge in [0.2, 0.25) is 0 Å². The fourth-order valence-electron chi connectivity index (χ4n) is 3.63. The van der Waals surface area contributed by atoms with E-state index >= 15 is 0 Å². The van der Waals surface area contributed by atoms with Gasteiger partial charge in [0.25, 0.3) is 0 Å². The van der Waals surface area contributed by atoms with Gasteiger partial charge in [-0.3, -0.25) is 4.99 Å². The maximum absolute atomic E-state index is 5.75. The molecule has 1 saturated heterocycles. The molecule has 1 aliphatic carbocycles. The van der Waals surface area contributed by atoms with Crippen molar-refractivity contribution in [2.45, 2.75) is 64.8 Å². The second-order valence-electron chi connectivity index (χ2n) is 7.20. The molecule has 1 saturated carbocycles. The number of nitrogens with one attached hydrogen (secondary N) is 2. The molecule has 3 atom stereocenters. The zero-order valence-electron chi connectivity index (χ0n) is 15.7. The molecular weight excluding hydrogens is 302 g/mol. The second kappa shape index (κ2) is 11.7. The Labute approximate surface area is 148 Å². The van der Waals surface area contributed by atoms with Crippen LogP contribution in [0.15, 0.2) is 4.99 Å². The average molecular weight is 340 g/mol. The molecule has 2 fully saturated rings. The summed E-state index contributed by atoms with van der Waals surface area (Å²) >= 11 is 0. The van der Waals surface area contributed by atoms with E-state index in [1.165, 1.54) is 32.1 Å². The summed E-state index contributed by atoms with van der Waals surface area (Å²) in [6, 6.07) is 0.583. The standard InChI is InChI=1S/C19H37N3O2/c1-3-16-7-5-8-18(13-16)22-19(20-4-2)21-10-6-11-23-14-17-9-12-24-15-17/h16-18H,3-15H2,1-2H3,(H2,20,21,22). The number of hydrogen-bond donors (Lipinski definition) is 2. The van der Waals surface area contributed by atoms with Crippen LogP contribution in [-0.2, 0) is 9.47 Å². The van der Waals surface area contributed by atoms with Gasteiger partial charge in [0.1, 0.15) is 0 Å². The molecule has 5 nitrogen and oxygen atoms in total. The zero-order valence-corrected chi connectivity index (χ0v) is 15.7. The number of hydrogen-bond acceptors (Lipinski definition) is 3. The summed E-state index contributed by atoms with van der Waals surface area (Å²) in [5, 5.41) is 7.02. The van der Waals surface area contributed by atoms with Gasteiger partial charge in [-0.1, -0.05) is 26.2 Å². The largest absolute Gasteiger partial charge is 0.381 e. The van der Waals surface area contributed by atoms with E-state index in [2.05, 4.69) is 24.5 Å². The van der Waals surface area contributed by atoms with Crippen LogP contribution in [0.2, 0.25) is 0 Å². The third-order valence-electron chi connectivity index (χ3n) is 5.14. The van der Waals surface area contributed by atoms with Crippen LogP contribution in [0.1, 0.15) is 58.8 Å². The van der Waals surface area contributed by atoms with Gasteiger partial charge in [-0.15, -0.1) is 0 Å². The smallest absolute Gasteiger partial charge is 0.191 e. The lowest BCUT2D eigenvalue weighted by Gasteiger charge is -2.30. The van der Waals surface area contributed by atoms with Crippen LogP contribution in [-0.4, -0.2) is 51.5 Å². The van der Waals surface area contributed by atoms with E-state index in [4.69, 9.17) is 14.5 Å².